The van der Waals surface area contributed by atoms with Crippen LogP contribution in [-0.4, -0.2) is 19.8 Å². The van der Waals surface area contributed by atoms with Gasteiger partial charge >= 0.3 is 0 Å². The molecule has 3 rings (SSSR count). The zero-order chi connectivity index (χ0) is 16.9. The number of nitro groups is 1. The van der Waals surface area contributed by atoms with E-state index in [0.29, 0.717) is 12.1 Å². The molecule has 1 aromatic heterocycles. The van der Waals surface area contributed by atoms with Crippen LogP contribution in [0.2, 0.25) is 0 Å². The van der Waals surface area contributed by atoms with Crippen molar-refractivity contribution in [1.82, 2.24) is 14.9 Å². The highest BCUT2D eigenvalue weighted by Crippen LogP contribution is 2.20. The lowest BCUT2D eigenvalue weighted by atomic mass is 10.2. The molecule has 0 unspecified atom stereocenters. The quantitative estimate of drug-likeness (QED) is 0.529. The van der Waals surface area contributed by atoms with E-state index in [1.807, 2.05) is 17.1 Å². The number of benzene rings is 2. The van der Waals surface area contributed by atoms with E-state index in [0.717, 1.165) is 11.3 Å². The van der Waals surface area contributed by atoms with E-state index in [1.54, 1.807) is 35.4 Å². The van der Waals surface area contributed by atoms with Gasteiger partial charge in [0.05, 0.1) is 28.8 Å². The van der Waals surface area contributed by atoms with E-state index in [1.165, 1.54) is 18.5 Å². The SMILES string of the molecule is N#Cc1ccc(N(Cc2ccc([N+](=O)[O-])cc2)n2cncn2)cc1. The average molecular weight is 320 g/mol. The minimum Gasteiger partial charge on any atom is -0.260 e. The van der Waals surface area contributed by atoms with E-state index in [4.69, 9.17) is 5.26 Å². The Morgan fingerprint density at radius 2 is 1.88 bits per heavy atom. The predicted molar refractivity (Wildman–Crippen MR) is 85.9 cm³/mol. The largest absolute Gasteiger partial charge is 0.269 e. The van der Waals surface area contributed by atoms with Gasteiger partial charge in [0.25, 0.3) is 5.69 Å². The molecule has 0 fully saturated rings. The van der Waals surface area contributed by atoms with Crippen molar-refractivity contribution in [2.45, 2.75) is 6.54 Å². The molecule has 118 valence electrons. The molecule has 0 atom stereocenters. The van der Waals surface area contributed by atoms with Crippen LogP contribution in [0.5, 0.6) is 0 Å². The lowest BCUT2D eigenvalue weighted by Crippen LogP contribution is -2.29. The third-order valence-corrected chi connectivity index (χ3v) is 3.43. The number of hydrogen-bond acceptors (Lipinski definition) is 6. The van der Waals surface area contributed by atoms with Gasteiger partial charge in [-0.05, 0) is 29.8 Å². The third-order valence-electron chi connectivity index (χ3n) is 3.43. The lowest BCUT2D eigenvalue weighted by Gasteiger charge is -2.24. The minimum absolute atomic E-state index is 0.0458. The summed E-state index contributed by atoms with van der Waals surface area (Å²) in [7, 11) is 0. The highest BCUT2D eigenvalue weighted by atomic mass is 16.6. The van der Waals surface area contributed by atoms with Gasteiger partial charge in [0.1, 0.15) is 12.7 Å². The number of hydrogen-bond donors (Lipinski definition) is 0. The van der Waals surface area contributed by atoms with Gasteiger partial charge in [0.2, 0.25) is 0 Å². The smallest absolute Gasteiger partial charge is 0.260 e. The van der Waals surface area contributed by atoms with Crippen LogP contribution in [0.3, 0.4) is 0 Å². The fourth-order valence-corrected chi connectivity index (χ4v) is 2.21. The summed E-state index contributed by atoms with van der Waals surface area (Å²) in [5, 5.41) is 25.6. The van der Waals surface area contributed by atoms with Crippen LogP contribution in [0.1, 0.15) is 11.1 Å². The van der Waals surface area contributed by atoms with Crippen LogP contribution in [0.4, 0.5) is 11.4 Å². The highest BCUT2D eigenvalue weighted by Gasteiger charge is 2.12. The molecular weight excluding hydrogens is 308 g/mol. The van der Waals surface area contributed by atoms with E-state index in [9.17, 15) is 10.1 Å². The second-order valence-electron chi connectivity index (χ2n) is 4.96. The van der Waals surface area contributed by atoms with Crippen LogP contribution >= 0.6 is 0 Å². The first-order valence-electron chi connectivity index (χ1n) is 7.03. The Morgan fingerprint density at radius 1 is 1.17 bits per heavy atom. The molecule has 0 aliphatic heterocycles. The van der Waals surface area contributed by atoms with Gasteiger partial charge in [-0.3, -0.25) is 15.1 Å². The molecule has 0 saturated carbocycles. The first kappa shape index (κ1) is 15.2. The van der Waals surface area contributed by atoms with Gasteiger partial charge in [-0.15, -0.1) is 5.10 Å². The molecule has 0 spiro atoms. The van der Waals surface area contributed by atoms with Crippen molar-refractivity contribution in [3.8, 4) is 6.07 Å². The van der Waals surface area contributed by atoms with Crippen molar-refractivity contribution in [3.63, 3.8) is 0 Å². The molecule has 0 N–H and O–H groups in total. The Morgan fingerprint density at radius 3 is 2.42 bits per heavy atom. The molecule has 8 heteroatoms. The van der Waals surface area contributed by atoms with Crippen molar-refractivity contribution in [1.29, 1.82) is 5.26 Å². The van der Waals surface area contributed by atoms with E-state index in [-0.39, 0.29) is 5.69 Å². The minimum atomic E-state index is -0.431. The first-order chi connectivity index (χ1) is 11.7. The fraction of sp³-hybridized carbons (Fsp3) is 0.0625. The van der Waals surface area contributed by atoms with E-state index >= 15 is 0 Å². The summed E-state index contributed by atoms with van der Waals surface area (Å²) in [5.41, 5.74) is 2.30. The van der Waals surface area contributed by atoms with Crippen molar-refractivity contribution in [3.05, 3.63) is 82.4 Å². The zero-order valence-electron chi connectivity index (χ0n) is 12.5. The van der Waals surface area contributed by atoms with Gasteiger partial charge in [-0.25, -0.2) is 4.98 Å². The number of aromatic nitrogens is 3. The second kappa shape index (κ2) is 6.58. The van der Waals surface area contributed by atoms with Gasteiger partial charge < -0.3 is 0 Å². The molecule has 0 radical (unpaired) electrons. The average Bonchev–Trinajstić information content (AvgIpc) is 3.14. The molecule has 0 amide bonds. The topological polar surface area (TPSA) is 101 Å². The number of non-ortho nitro benzene ring substituents is 1. The molecule has 0 bridgehead atoms. The molecular formula is C16H12N6O2. The number of rotatable bonds is 5. The Bertz CT molecular complexity index is 866. The Labute approximate surface area is 137 Å². The molecule has 24 heavy (non-hydrogen) atoms. The maximum Gasteiger partial charge on any atom is 0.269 e. The molecule has 0 aliphatic carbocycles. The summed E-state index contributed by atoms with van der Waals surface area (Å²) in [5.74, 6) is 0. The maximum absolute atomic E-state index is 10.7. The standard InChI is InChI=1S/C16H12N6O2/c17-9-13-1-5-15(6-2-13)20(21-12-18-11-19-21)10-14-3-7-16(8-4-14)22(23)24/h1-8,11-12H,10H2. The van der Waals surface area contributed by atoms with Crippen molar-refractivity contribution in [2.24, 2.45) is 0 Å². The van der Waals surface area contributed by atoms with E-state index < -0.39 is 4.92 Å². The van der Waals surface area contributed by atoms with Crippen LogP contribution in [0, 0.1) is 21.4 Å². The first-order valence-corrected chi connectivity index (χ1v) is 7.03. The van der Waals surface area contributed by atoms with Crippen LogP contribution < -0.4 is 5.01 Å². The van der Waals surface area contributed by atoms with Crippen LogP contribution in [0.15, 0.2) is 61.2 Å². The molecule has 2 aromatic carbocycles. The second-order valence-corrected chi connectivity index (χ2v) is 4.96. The summed E-state index contributed by atoms with van der Waals surface area (Å²) >= 11 is 0. The Balaban J connectivity index is 1.90. The number of nitro benzene ring substituents is 1. The number of nitriles is 1. The molecule has 8 nitrogen and oxygen atoms in total. The Hall–Kier alpha value is -3.73. The summed E-state index contributed by atoms with van der Waals surface area (Å²) in [4.78, 5) is 15.8. The molecule has 0 saturated heterocycles. The summed E-state index contributed by atoms with van der Waals surface area (Å²) in [6.07, 6.45) is 2.98. The summed E-state index contributed by atoms with van der Waals surface area (Å²) in [6, 6.07) is 15.5. The van der Waals surface area contributed by atoms with Gasteiger partial charge in [-0.1, -0.05) is 12.1 Å². The number of anilines is 1. The van der Waals surface area contributed by atoms with Gasteiger partial charge in [0, 0.05) is 12.1 Å². The van der Waals surface area contributed by atoms with Gasteiger partial charge in [-0.2, -0.15) is 10.1 Å². The predicted octanol–water partition coefficient (Wildman–Crippen LogP) is 2.53. The van der Waals surface area contributed by atoms with Crippen LogP contribution in [0.25, 0.3) is 0 Å². The monoisotopic (exact) mass is 320 g/mol. The number of nitrogens with zero attached hydrogens (tertiary/aromatic N) is 6. The molecule has 3 aromatic rings. The normalized spacial score (nSPS) is 10.1. The van der Waals surface area contributed by atoms with Gasteiger partial charge in [0.15, 0.2) is 0 Å². The highest BCUT2D eigenvalue weighted by molar-refractivity contribution is 5.49. The fourth-order valence-electron chi connectivity index (χ4n) is 2.21. The van der Waals surface area contributed by atoms with Crippen molar-refractivity contribution >= 4 is 11.4 Å². The third kappa shape index (κ3) is 3.20. The van der Waals surface area contributed by atoms with E-state index in [2.05, 4.69) is 16.2 Å². The lowest BCUT2D eigenvalue weighted by molar-refractivity contribution is -0.384. The zero-order valence-corrected chi connectivity index (χ0v) is 12.5. The molecule has 1 heterocycles. The molecule has 0 aliphatic rings. The summed E-state index contributed by atoms with van der Waals surface area (Å²) < 4.78 is 0. The maximum atomic E-state index is 10.7. The summed E-state index contributed by atoms with van der Waals surface area (Å²) in [6.45, 7) is 0.438. The Kier molecular flexibility index (Phi) is 4.16. The van der Waals surface area contributed by atoms with Crippen LogP contribution in [-0.2, 0) is 6.54 Å². The van der Waals surface area contributed by atoms with Crippen molar-refractivity contribution < 1.29 is 4.92 Å². The van der Waals surface area contributed by atoms with Crippen molar-refractivity contribution in [2.75, 3.05) is 5.01 Å².